The number of nitrogens with zero attached hydrogens (tertiary/aromatic N) is 1. The lowest BCUT2D eigenvalue weighted by molar-refractivity contribution is 0.355. The molecule has 1 aromatic rings. The van der Waals surface area contributed by atoms with Gasteiger partial charge in [0.25, 0.3) is 0 Å². The van der Waals surface area contributed by atoms with Gasteiger partial charge in [0.15, 0.2) is 17.5 Å². The van der Waals surface area contributed by atoms with Gasteiger partial charge in [-0.3, -0.25) is 0 Å². The van der Waals surface area contributed by atoms with E-state index in [1.54, 1.807) is 26.4 Å². The highest BCUT2D eigenvalue weighted by atomic mass is 127. The Kier molecular flexibility index (Phi) is 8.56. The van der Waals surface area contributed by atoms with Crippen molar-refractivity contribution in [2.75, 3.05) is 19.5 Å². The van der Waals surface area contributed by atoms with Gasteiger partial charge in [-0.15, -0.1) is 30.4 Å². The summed E-state index contributed by atoms with van der Waals surface area (Å²) in [5.74, 6) is 4.10. The predicted molar refractivity (Wildman–Crippen MR) is 93.1 cm³/mol. The molecule has 0 aromatic heterocycles. The standard InChI is InChI=1S/C14H19N3O2.HI/c1-5-10(6-2)16-14(15)17-11-7-8-12(18-3)13(9-11)19-4;/h1,7-10H,6H2,2-4H3,(H3,15,16,17);1H. The van der Waals surface area contributed by atoms with Crippen LogP contribution in [0.15, 0.2) is 23.2 Å². The molecule has 0 fully saturated rings. The van der Waals surface area contributed by atoms with Gasteiger partial charge in [-0.2, -0.15) is 0 Å². The number of guanidine groups is 1. The molecule has 0 bridgehead atoms. The van der Waals surface area contributed by atoms with Crippen molar-refractivity contribution in [3.05, 3.63) is 18.2 Å². The molecule has 3 N–H and O–H groups in total. The minimum atomic E-state index is -0.215. The van der Waals surface area contributed by atoms with Crippen molar-refractivity contribution in [1.29, 1.82) is 0 Å². The van der Waals surface area contributed by atoms with Crippen LogP contribution in [0.5, 0.6) is 11.5 Å². The van der Waals surface area contributed by atoms with E-state index in [0.29, 0.717) is 11.5 Å². The number of anilines is 1. The Hall–Kier alpha value is -1.62. The third-order valence-corrected chi connectivity index (χ3v) is 2.53. The van der Waals surface area contributed by atoms with Crippen LogP contribution < -0.4 is 20.5 Å². The first-order chi connectivity index (χ1) is 9.14. The maximum Gasteiger partial charge on any atom is 0.194 e. The van der Waals surface area contributed by atoms with Crippen LogP contribution in [-0.4, -0.2) is 26.2 Å². The first kappa shape index (κ1) is 18.4. The van der Waals surface area contributed by atoms with Gasteiger partial charge in [-0.25, -0.2) is 4.99 Å². The van der Waals surface area contributed by atoms with E-state index in [1.165, 1.54) is 0 Å². The van der Waals surface area contributed by atoms with Crippen LogP contribution >= 0.6 is 24.0 Å². The van der Waals surface area contributed by atoms with Crippen molar-refractivity contribution >= 4 is 35.6 Å². The van der Waals surface area contributed by atoms with Crippen molar-refractivity contribution in [3.8, 4) is 23.8 Å². The minimum Gasteiger partial charge on any atom is -0.493 e. The summed E-state index contributed by atoms with van der Waals surface area (Å²) >= 11 is 0. The van der Waals surface area contributed by atoms with Crippen LogP contribution in [0, 0.1) is 12.3 Å². The molecule has 0 spiro atoms. The second-order valence-electron chi connectivity index (χ2n) is 3.80. The normalized spacial score (nSPS) is 11.8. The molecule has 1 atom stereocenters. The number of hydrogen-bond acceptors (Lipinski definition) is 3. The fourth-order valence-electron chi connectivity index (χ4n) is 1.51. The summed E-state index contributed by atoms with van der Waals surface area (Å²) in [5, 5.41) is 2.96. The zero-order valence-corrected chi connectivity index (χ0v) is 14.2. The Morgan fingerprint density at radius 3 is 2.55 bits per heavy atom. The molecule has 1 rings (SSSR count). The molecule has 0 heterocycles. The van der Waals surface area contributed by atoms with E-state index in [9.17, 15) is 0 Å². The Balaban J connectivity index is 0.00000361. The van der Waals surface area contributed by atoms with Gasteiger partial charge < -0.3 is 20.5 Å². The number of ether oxygens (including phenoxy) is 2. The first-order valence-corrected chi connectivity index (χ1v) is 5.93. The van der Waals surface area contributed by atoms with Crippen LogP contribution in [0.4, 0.5) is 5.69 Å². The number of halogens is 1. The summed E-state index contributed by atoms with van der Waals surface area (Å²) in [6, 6.07) is 5.17. The Bertz CT molecular complexity index is 498. The maximum atomic E-state index is 5.79. The van der Waals surface area contributed by atoms with E-state index >= 15 is 0 Å². The molecule has 0 saturated carbocycles. The van der Waals surface area contributed by atoms with E-state index in [0.717, 1.165) is 12.1 Å². The number of nitrogens with two attached hydrogens (primary N) is 1. The second kappa shape index (κ2) is 9.31. The van der Waals surface area contributed by atoms with Crippen LogP contribution in [-0.2, 0) is 0 Å². The van der Waals surface area contributed by atoms with Crippen LogP contribution in [0.25, 0.3) is 0 Å². The molecule has 0 aliphatic carbocycles. The van der Waals surface area contributed by atoms with Crippen LogP contribution in [0.3, 0.4) is 0 Å². The minimum absolute atomic E-state index is 0. The van der Waals surface area contributed by atoms with Crippen molar-refractivity contribution in [2.24, 2.45) is 10.7 Å². The smallest absolute Gasteiger partial charge is 0.194 e. The highest BCUT2D eigenvalue weighted by Gasteiger charge is 2.06. The molecule has 1 aromatic carbocycles. The Morgan fingerprint density at radius 1 is 1.40 bits per heavy atom. The third-order valence-electron chi connectivity index (χ3n) is 2.53. The summed E-state index contributed by atoms with van der Waals surface area (Å²) < 4.78 is 10.4. The fourth-order valence-corrected chi connectivity index (χ4v) is 1.51. The van der Waals surface area contributed by atoms with E-state index in [1.807, 2.05) is 13.0 Å². The van der Waals surface area contributed by atoms with E-state index in [4.69, 9.17) is 21.6 Å². The lowest BCUT2D eigenvalue weighted by Crippen LogP contribution is -2.24. The van der Waals surface area contributed by atoms with E-state index in [-0.39, 0.29) is 36.0 Å². The summed E-state index contributed by atoms with van der Waals surface area (Å²) in [6.07, 6.45) is 6.07. The second-order valence-corrected chi connectivity index (χ2v) is 3.80. The molecular weight excluding hydrogens is 369 g/mol. The van der Waals surface area contributed by atoms with Gasteiger partial charge >= 0.3 is 0 Å². The van der Waals surface area contributed by atoms with Gasteiger partial charge in [0.2, 0.25) is 0 Å². The van der Waals surface area contributed by atoms with Crippen molar-refractivity contribution in [2.45, 2.75) is 19.4 Å². The zero-order chi connectivity index (χ0) is 14.3. The Labute approximate surface area is 137 Å². The van der Waals surface area contributed by atoms with Crippen molar-refractivity contribution < 1.29 is 9.47 Å². The molecule has 20 heavy (non-hydrogen) atoms. The van der Waals surface area contributed by atoms with Crippen LogP contribution in [0.1, 0.15) is 13.3 Å². The molecule has 0 aliphatic rings. The van der Waals surface area contributed by atoms with Crippen molar-refractivity contribution in [3.63, 3.8) is 0 Å². The first-order valence-electron chi connectivity index (χ1n) is 5.93. The molecule has 5 nitrogen and oxygen atoms in total. The molecule has 0 saturated heterocycles. The van der Waals surface area contributed by atoms with Gasteiger partial charge in [-0.05, 0) is 18.6 Å². The third kappa shape index (κ3) is 5.17. The highest BCUT2D eigenvalue weighted by Crippen LogP contribution is 2.29. The molecule has 0 aliphatic heterocycles. The topological polar surface area (TPSA) is 68.9 Å². The number of benzene rings is 1. The van der Waals surface area contributed by atoms with Gasteiger partial charge in [0.1, 0.15) is 6.04 Å². The molecular formula is C14H20IN3O2. The predicted octanol–water partition coefficient (Wildman–Crippen LogP) is 2.46. The molecule has 110 valence electrons. The SMILES string of the molecule is C#CC(CC)N=C(N)Nc1ccc(OC)c(OC)c1.I. The maximum absolute atomic E-state index is 5.79. The summed E-state index contributed by atoms with van der Waals surface area (Å²) in [6.45, 7) is 1.96. The largest absolute Gasteiger partial charge is 0.493 e. The quantitative estimate of drug-likeness (QED) is 0.351. The average Bonchev–Trinajstić information content (AvgIpc) is 2.44. The molecule has 0 amide bonds. The highest BCUT2D eigenvalue weighted by molar-refractivity contribution is 14.0. The lowest BCUT2D eigenvalue weighted by Gasteiger charge is -2.11. The number of rotatable bonds is 5. The monoisotopic (exact) mass is 389 g/mol. The number of methoxy groups -OCH3 is 2. The number of terminal acetylenes is 1. The average molecular weight is 389 g/mol. The number of nitrogens with one attached hydrogen (secondary N) is 1. The van der Waals surface area contributed by atoms with E-state index in [2.05, 4.69) is 16.2 Å². The van der Waals surface area contributed by atoms with Crippen LogP contribution in [0.2, 0.25) is 0 Å². The van der Waals surface area contributed by atoms with Gasteiger partial charge in [-0.1, -0.05) is 12.8 Å². The van der Waals surface area contributed by atoms with Gasteiger partial charge in [0, 0.05) is 11.8 Å². The molecule has 0 radical (unpaired) electrons. The van der Waals surface area contributed by atoms with Crippen molar-refractivity contribution in [1.82, 2.24) is 0 Å². The van der Waals surface area contributed by atoms with E-state index < -0.39 is 0 Å². The molecule has 6 heteroatoms. The zero-order valence-electron chi connectivity index (χ0n) is 11.8. The number of aliphatic imine (C=N–C) groups is 1. The summed E-state index contributed by atoms with van der Waals surface area (Å²) in [5.41, 5.74) is 6.55. The van der Waals surface area contributed by atoms with Gasteiger partial charge in [0.05, 0.1) is 14.2 Å². The Morgan fingerprint density at radius 2 is 2.05 bits per heavy atom. The summed E-state index contributed by atoms with van der Waals surface area (Å²) in [7, 11) is 3.16. The summed E-state index contributed by atoms with van der Waals surface area (Å²) in [4.78, 5) is 4.18. The molecule has 1 unspecified atom stereocenters. The fraction of sp³-hybridized carbons (Fsp3) is 0.357. The lowest BCUT2D eigenvalue weighted by atomic mass is 10.2. The number of hydrogen-bond donors (Lipinski definition) is 2.